The monoisotopic (exact) mass is 448 g/mol. The second kappa shape index (κ2) is 10.4. The lowest BCUT2D eigenvalue weighted by Gasteiger charge is -2.33. The van der Waals surface area contributed by atoms with Gasteiger partial charge in [-0.15, -0.1) is 0 Å². The minimum absolute atomic E-state index is 0.0685. The number of likely N-dealkylation sites (N-methyl/N-ethyl adjacent to an activating group) is 1. The topological polar surface area (TPSA) is 99.1 Å². The molecule has 0 aromatic heterocycles. The summed E-state index contributed by atoms with van der Waals surface area (Å²) in [5.74, 6) is -1.86. The first-order valence-corrected chi connectivity index (χ1v) is 11.4. The van der Waals surface area contributed by atoms with Crippen molar-refractivity contribution in [2.45, 2.75) is 50.7 Å². The lowest BCUT2D eigenvalue weighted by Crippen LogP contribution is -2.48. The number of ether oxygens (including phenoxy) is 3. The summed E-state index contributed by atoms with van der Waals surface area (Å²) >= 11 is 0. The molecule has 1 N–H and O–H groups in total. The fraction of sp³-hybridized carbons (Fsp3) is 0.625. The van der Waals surface area contributed by atoms with Crippen molar-refractivity contribution in [3.8, 4) is 0 Å². The van der Waals surface area contributed by atoms with Crippen molar-refractivity contribution in [1.82, 2.24) is 0 Å². The molecule has 8 heteroatoms. The van der Waals surface area contributed by atoms with Gasteiger partial charge in [0.25, 0.3) is 0 Å². The standard InChI is InChI=1S/C24H34NO7/c1-3-30-22(27)17-31-21(26)16-25(2)14-13-20(15-25)32-23(28)24(29,19-11-7-8-12-19)18-9-5-4-6-10-18/h4-6,9-10,19-20,29H,3,7-8,11-17H2,1-2H3/q+1/t20-,24+,25?/m1/s1. The van der Waals surface area contributed by atoms with Crippen molar-refractivity contribution < 1.29 is 38.2 Å². The molecule has 1 aromatic rings. The molecule has 1 saturated carbocycles. The molecular formula is C24H34NO7+. The van der Waals surface area contributed by atoms with E-state index >= 15 is 0 Å². The van der Waals surface area contributed by atoms with Crippen LogP contribution in [-0.2, 0) is 34.2 Å². The van der Waals surface area contributed by atoms with Crippen LogP contribution in [0.2, 0.25) is 0 Å². The summed E-state index contributed by atoms with van der Waals surface area (Å²) in [5.41, 5.74) is -1.10. The maximum absolute atomic E-state index is 13.3. The van der Waals surface area contributed by atoms with E-state index in [1.807, 2.05) is 25.2 Å². The van der Waals surface area contributed by atoms with Crippen LogP contribution < -0.4 is 0 Å². The number of carbonyl (C=O) groups excluding carboxylic acids is 3. The minimum Gasteiger partial charge on any atom is -0.463 e. The highest BCUT2D eigenvalue weighted by molar-refractivity contribution is 5.82. The molecular weight excluding hydrogens is 414 g/mol. The highest BCUT2D eigenvalue weighted by Crippen LogP contribution is 2.42. The maximum atomic E-state index is 13.3. The molecule has 3 rings (SSSR count). The van der Waals surface area contributed by atoms with Crippen LogP contribution >= 0.6 is 0 Å². The number of nitrogens with zero attached hydrogens (tertiary/aromatic N) is 1. The van der Waals surface area contributed by atoms with E-state index in [0.717, 1.165) is 25.7 Å². The van der Waals surface area contributed by atoms with E-state index in [2.05, 4.69) is 0 Å². The fourth-order valence-electron chi connectivity index (χ4n) is 4.87. The number of quaternary nitrogens is 1. The highest BCUT2D eigenvalue weighted by Gasteiger charge is 2.50. The Kier molecular flexibility index (Phi) is 7.90. The number of likely N-dealkylation sites (tertiary alicyclic amines) is 1. The van der Waals surface area contributed by atoms with Gasteiger partial charge < -0.3 is 23.8 Å². The largest absolute Gasteiger partial charge is 0.463 e. The van der Waals surface area contributed by atoms with Gasteiger partial charge in [-0.25, -0.2) is 14.4 Å². The lowest BCUT2D eigenvalue weighted by atomic mass is 9.80. The Bertz CT molecular complexity index is 808. The molecule has 8 nitrogen and oxygen atoms in total. The maximum Gasteiger partial charge on any atom is 0.362 e. The zero-order valence-electron chi connectivity index (χ0n) is 19.0. The van der Waals surface area contributed by atoms with Crippen LogP contribution in [0.4, 0.5) is 0 Å². The quantitative estimate of drug-likeness (QED) is 0.350. The number of hydrogen-bond donors (Lipinski definition) is 1. The van der Waals surface area contributed by atoms with Gasteiger partial charge in [0.15, 0.2) is 24.9 Å². The van der Waals surface area contributed by atoms with E-state index in [0.29, 0.717) is 29.6 Å². The first-order chi connectivity index (χ1) is 15.3. The molecule has 1 aliphatic carbocycles. The highest BCUT2D eigenvalue weighted by atomic mass is 16.6. The smallest absolute Gasteiger partial charge is 0.362 e. The lowest BCUT2D eigenvalue weighted by molar-refractivity contribution is -0.891. The number of aliphatic hydroxyl groups is 1. The molecule has 1 saturated heterocycles. The van der Waals surface area contributed by atoms with Gasteiger partial charge in [0.1, 0.15) is 6.54 Å². The third kappa shape index (κ3) is 5.66. The summed E-state index contributed by atoms with van der Waals surface area (Å²) in [6.45, 7) is 2.64. The zero-order chi connectivity index (χ0) is 23.2. The van der Waals surface area contributed by atoms with E-state index < -0.39 is 36.2 Å². The number of benzene rings is 1. The van der Waals surface area contributed by atoms with Gasteiger partial charge in [-0.1, -0.05) is 43.2 Å². The Morgan fingerprint density at radius 2 is 1.75 bits per heavy atom. The van der Waals surface area contributed by atoms with Crippen LogP contribution in [0.3, 0.4) is 0 Å². The predicted molar refractivity (Wildman–Crippen MR) is 115 cm³/mol. The van der Waals surface area contributed by atoms with Gasteiger partial charge >= 0.3 is 17.9 Å². The molecule has 2 aliphatic rings. The average molecular weight is 449 g/mol. The summed E-state index contributed by atoms with van der Waals surface area (Å²) in [6.07, 6.45) is 3.72. The zero-order valence-corrected chi connectivity index (χ0v) is 19.0. The molecule has 1 heterocycles. The summed E-state index contributed by atoms with van der Waals surface area (Å²) < 4.78 is 15.9. The number of esters is 3. The Hall–Kier alpha value is -2.45. The van der Waals surface area contributed by atoms with Gasteiger partial charge in [0.2, 0.25) is 0 Å². The molecule has 0 spiro atoms. The summed E-state index contributed by atoms with van der Waals surface area (Å²) in [7, 11) is 1.89. The molecule has 176 valence electrons. The van der Waals surface area contributed by atoms with Crippen molar-refractivity contribution in [3.63, 3.8) is 0 Å². The second-order valence-corrected chi connectivity index (χ2v) is 9.08. The molecule has 2 fully saturated rings. The van der Waals surface area contributed by atoms with Crippen molar-refractivity contribution >= 4 is 17.9 Å². The molecule has 1 aromatic carbocycles. The SMILES string of the molecule is CCOC(=O)COC(=O)C[N+]1(C)CC[C@@H](OC(=O)[C@](O)(c2ccccc2)C2CCCC2)C1. The van der Waals surface area contributed by atoms with Crippen LogP contribution in [0.15, 0.2) is 30.3 Å². The fourth-order valence-corrected chi connectivity index (χ4v) is 4.87. The van der Waals surface area contributed by atoms with E-state index in [1.54, 1.807) is 19.1 Å². The van der Waals surface area contributed by atoms with Crippen molar-refractivity contribution in [2.75, 3.05) is 39.9 Å². The normalized spacial score (nSPS) is 25.2. The molecule has 0 bridgehead atoms. The Balaban J connectivity index is 1.60. The van der Waals surface area contributed by atoms with E-state index in [-0.39, 0.29) is 19.1 Å². The minimum atomic E-state index is -1.66. The average Bonchev–Trinajstić information content (AvgIpc) is 3.43. The molecule has 3 atom stereocenters. The van der Waals surface area contributed by atoms with Crippen LogP contribution in [0, 0.1) is 5.92 Å². The summed E-state index contributed by atoms with van der Waals surface area (Å²) in [5, 5.41) is 11.6. The Morgan fingerprint density at radius 1 is 1.06 bits per heavy atom. The third-order valence-electron chi connectivity index (χ3n) is 6.55. The first kappa shape index (κ1) is 24.2. The van der Waals surface area contributed by atoms with Gasteiger partial charge in [-0.3, -0.25) is 0 Å². The molecule has 32 heavy (non-hydrogen) atoms. The summed E-state index contributed by atoms with van der Waals surface area (Å²) in [4.78, 5) is 36.8. The molecule has 1 unspecified atom stereocenters. The van der Waals surface area contributed by atoms with Gasteiger partial charge in [-0.05, 0) is 25.3 Å². The van der Waals surface area contributed by atoms with Gasteiger partial charge in [0.05, 0.1) is 20.2 Å². The Labute approximate surface area is 189 Å². The van der Waals surface area contributed by atoms with E-state index in [1.165, 1.54) is 0 Å². The van der Waals surface area contributed by atoms with Crippen molar-refractivity contribution in [1.29, 1.82) is 0 Å². The third-order valence-corrected chi connectivity index (χ3v) is 6.55. The van der Waals surface area contributed by atoms with Gasteiger partial charge in [-0.2, -0.15) is 0 Å². The Morgan fingerprint density at radius 3 is 2.41 bits per heavy atom. The van der Waals surface area contributed by atoms with Crippen molar-refractivity contribution in [2.24, 2.45) is 5.92 Å². The summed E-state index contributed by atoms with van der Waals surface area (Å²) in [6, 6.07) is 9.02. The number of hydrogen-bond acceptors (Lipinski definition) is 7. The van der Waals surface area contributed by atoms with Crippen LogP contribution in [-0.4, -0.2) is 73.5 Å². The van der Waals surface area contributed by atoms with Crippen LogP contribution in [0.5, 0.6) is 0 Å². The van der Waals surface area contributed by atoms with Crippen LogP contribution in [0.1, 0.15) is 44.6 Å². The van der Waals surface area contributed by atoms with Gasteiger partial charge in [0, 0.05) is 12.3 Å². The number of carbonyl (C=O) groups is 3. The second-order valence-electron chi connectivity index (χ2n) is 9.08. The molecule has 1 aliphatic heterocycles. The first-order valence-electron chi connectivity index (χ1n) is 11.4. The number of rotatable bonds is 9. The molecule has 0 radical (unpaired) electrons. The van der Waals surface area contributed by atoms with Crippen LogP contribution in [0.25, 0.3) is 0 Å². The van der Waals surface area contributed by atoms with Crippen molar-refractivity contribution in [3.05, 3.63) is 35.9 Å². The van der Waals surface area contributed by atoms with E-state index in [4.69, 9.17) is 14.2 Å². The predicted octanol–water partition coefficient (Wildman–Crippen LogP) is 1.93. The van der Waals surface area contributed by atoms with E-state index in [9.17, 15) is 19.5 Å². The molecule has 0 amide bonds.